The molecule has 5 heteroatoms. The molecule has 88 valence electrons. The molecule has 0 bridgehead atoms. The first kappa shape index (κ1) is 12.3. The largest absolute Gasteiger partial charge is 0.362 e. The van der Waals surface area contributed by atoms with Gasteiger partial charge in [-0.05, 0) is 25.0 Å². The molecule has 2 atom stereocenters. The van der Waals surface area contributed by atoms with E-state index in [1.54, 1.807) is 11.3 Å². The van der Waals surface area contributed by atoms with Crippen LogP contribution >= 0.6 is 34.7 Å². The number of nitrogens with one attached hydrogen (secondary N) is 1. The summed E-state index contributed by atoms with van der Waals surface area (Å²) in [7, 11) is 0. The Bertz CT molecular complexity index is 389. The molecule has 0 radical (unpaired) electrons. The van der Waals surface area contributed by atoms with Gasteiger partial charge in [0.15, 0.2) is 5.17 Å². The molecule has 0 spiro atoms. The summed E-state index contributed by atoms with van der Waals surface area (Å²) in [6, 6.07) is 4.48. The maximum Gasteiger partial charge on any atom is 0.157 e. The van der Waals surface area contributed by atoms with Gasteiger partial charge in [0.05, 0.1) is 10.9 Å². The van der Waals surface area contributed by atoms with Crippen LogP contribution in [0.2, 0.25) is 4.34 Å². The minimum atomic E-state index is 0.520. The monoisotopic (exact) mass is 274 g/mol. The molecular weight excluding hydrogens is 260 g/mol. The standard InChI is InChI=1S/C11H15ClN2S2/c1-7-6-15-11(14-8(7)2)13-5-9-3-4-10(12)16-9/h3-4,7-8H,5-6H2,1-2H3,(H,13,14). The summed E-state index contributed by atoms with van der Waals surface area (Å²) >= 11 is 9.28. The highest BCUT2D eigenvalue weighted by Crippen LogP contribution is 2.23. The maximum absolute atomic E-state index is 5.87. The molecule has 1 aromatic rings. The van der Waals surface area contributed by atoms with Crippen molar-refractivity contribution in [1.29, 1.82) is 0 Å². The Kier molecular flexibility index (Phi) is 4.16. The van der Waals surface area contributed by atoms with E-state index in [1.165, 1.54) is 4.88 Å². The Labute approximate surface area is 109 Å². The number of thioether (sulfide) groups is 1. The van der Waals surface area contributed by atoms with E-state index >= 15 is 0 Å². The first-order valence-electron chi connectivity index (χ1n) is 5.33. The van der Waals surface area contributed by atoms with Gasteiger partial charge in [-0.25, -0.2) is 0 Å². The number of nitrogens with zero attached hydrogens (tertiary/aromatic N) is 1. The molecule has 2 rings (SSSR count). The average molecular weight is 275 g/mol. The normalized spacial score (nSPS) is 28.1. The third-order valence-corrected chi connectivity index (χ3v) is 5.12. The molecule has 1 N–H and O–H groups in total. The number of thiophene rings is 1. The van der Waals surface area contributed by atoms with Gasteiger partial charge in [0.25, 0.3) is 0 Å². The number of rotatable bonds is 2. The van der Waals surface area contributed by atoms with Crippen molar-refractivity contribution in [1.82, 2.24) is 5.32 Å². The van der Waals surface area contributed by atoms with E-state index in [0.717, 1.165) is 21.8 Å². The van der Waals surface area contributed by atoms with Crippen LogP contribution < -0.4 is 5.32 Å². The Hall–Kier alpha value is -0.190. The van der Waals surface area contributed by atoms with E-state index in [2.05, 4.69) is 24.2 Å². The Morgan fingerprint density at radius 2 is 2.31 bits per heavy atom. The molecule has 16 heavy (non-hydrogen) atoms. The second-order valence-corrected chi connectivity index (χ2v) is 6.86. The minimum Gasteiger partial charge on any atom is -0.362 e. The minimum absolute atomic E-state index is 0.520. The van der Waals surface area contributed by atoms with Gasteiger partial charge in [-0.15, -0.1) is 11.3 Å². The number of aliphatic imine (C=N–C) groups is 1. The SMILES string of the molecule is CC1CSC(=NCc2ccc(Cl)s2)NC1C. The number of halogens is 1. The Morgan fingerprint density at radius 3 is 2.94 bits per heavy atom. The van der Waals surface area contributed by atoms with Crippen LogP contribution in [0.25, 0.3) is 0 Å². The van der Waals surface area contributed by atoms with E-state index in [4.69, 9.17) is 11.6 Å². The summed E-state index contributed by atoms with van der Waals surface area (Å²) in [6.45, 7) is 5.20. The molecule has 0 aliphatic carbocycles. The van der Waals surface area contributed by atoms with Gasteiger partial charge in [-0.2, -0.15) is 0 Å². The van der Waals surface area contributed by atoms with E-state index in [1.807, 2.05) is 23.9 Å². The Morgan fingerprint density at radius 1 is 1.50 bits per heavy atom. The second-order valence-electron chi connectivity index (χ2n) is 4.05. The lowest BCUT2D eigenvalue weighted by Crippen LogP contribution is -2.41. The fraction of sp³-hybridized carbons (Fsp3) is 0.545. The van der Waals surface area contributed by atoms with Crippen molar-refractivity contribution in [3.8, 4) is 0 Å². The first-order valence-corrected chi connectivity index (χ1v) is 7.51. The lowest BCUT2D eigenvalue weighted by molar-refractivity contribution is 0.490. The Balaban J connectivity index is 1.93. The predicted molar refractivity (Wildman–Crippen MR) is 74.7 cm³/mol. The van der Waals surface area contributed by atoms with Crippen molar-refractivity contribution < 1.29 is 0 Å². The molecule has 2 unspecified atom stereocenters. The topological polar surface area (TPSA) is 24.4 Å². The molecule has 2 heterocycles. The summed E-state index contributed by atoms with van der Waals surface area (Å²) in [4.78, 5) is 5.79. The molecule has 0 amide bonds. The summed E-state index contributed by atoms with van der Waals surface area (Å²) < 4.78 is 0.835. The summed E-state index contributed by atoms with van der Waals surface area (Å²) in [5.74, 6) is 1.86. The van der Waals surface area contributed by atoms with Gasteiger partial charge in [-0.3, -0.25) is 4.99 Å². The van der Waals surface area contributed by atoms with Crippen LogP contribution in [-0.2, 0) is 6.54 Å². The number of amidine groups is 1. The number of hydrogen-bond acceptors (Lipinski definition) is 3. The van der Waals surface area contributed by atoms with Crippen LogP contribution in [0.15, 0.2) is 17.1 Å². The van der Waals surface area contributed by atoms with Crippen molar-refractivity contribution in [2.24, 2.45) is 10.9 Å². The van der Waals surface area contributed by atoms with Crippen LogP contribution in [-0.4, -0.2) is 17.0 Å². The van der Waals surface area contributed by atoms with Crippen molar-refractivity contribution in [2.75, 3.05) is 5.75 Å². The summed E-state index contributed by atoms with van der Waals surface area (Å²) in [5.41, 5.74) is 0. The van der Waals surface area contributed by atoms with Crippen molar-refractivity contribution in [3.05, 3.63) is 21.3 Å². The zero-order valence-corrected chi connectivity index (χ0v) is 11.8. The quantitative estimate of drug-likeness (QED) is 0.891. The molecule has 0 saturated carbocycles. The van der Waals surface area contributed by atoms with E-state index in [-0.39, 0.29) is 0 Å². The highest BCUT2D eigenvalue weighted by Gasteiger charge is 2.20. The zero-order chi connectivity index (χ0) is 11.5. The molecule has 1 aliphatic heterocycles. The van der Waals surface area contributed by atoms with E-state index in [9.17, 15) is 0 Å². The molecule has 1 aromatic heterocycles. The van der Waals surface area contributed by atoms with Crippen molar-refractivity contribution >= 4 is 39.9 Å². The number of hydrogen-bond donors (Lipinski definition) is 1. The maximum atomic E-state index is 5.87. The third-order valence-electron chi connectivity index (χ3n) is 2.70. The summed E-state index contributed by atoms with van der Waals surface area (Å²) in [5, 5.41) is 4.49. The van der Waals surface area contributed by atoms with Gasteiger partial charge in [0, 0.05) is 16.7 Å². The van der Waals surface area contributed by atoms with Gasteiger partial charge in [0.1, 0.15) is 0 Å². The third kappa shape index (κ3) is 3.15. The van der Waals surface area contributed by atoms with Crippen LogP contribution in [0.5, 0.6) is 0 Å². The molecule has 1 fully saturated rings. The molecule has 0 aromatic carbocycles. The van der Waals surface area contributed by atoms with Crippen LogP contribution in [0, 0.1) is 5.92 Å². The van der Waals surface area contributed by atoms with E-state index in [0.29, 0.717) is 12.0 Å². The molecule has 1 saturated heterocycles. The zero-order valence-electron chi connectivity index (χ0n) is 9.37. The highest BCUT2D eigenvalue weighted by atomic mass is 35.5. The fourth-order valence-electron chi connectivity index (χ4n) is 1.41. The molecule has 1 aliphatic rings. The lowest BCUT2D eigenvalue weighted by atomic mass is 10.1. The van der Waals surface area contributed by atoms with Crippen molar-refractivity contribution in [3.63, 3.8) is 0 Å². The predicted octanol–water partition coefficient (Wildman–Crippen LogP) is 3.62. The van der Waals surface area contributed by atoms with Gasteiger partial charge in [0.2, 0.25) is 0 Å². The molecule has 2 nitrogen and oxygen atoms in total. The smallest absolute Gasteiger partial charge is 0.157 e. The van der Waals surface area contributed by atoms with Gasteiger partial charge < -0.3 is 5.32 Å². The summed E-state index contributed by atoms with van der Waals surface area (Å²) in [6.07, 6.45) is 0. The van der Waals surface area contributed by atoms with Crippen LogP contribution in [0.1, 0.15) is 18.7 Å². The highest BCUT2D eigenvalue weighted by molar-refractivity contribution is 8.13. The second kappa shape index (κ2) is 5.43. The fourth-order valence-corrected chi connectivity index (χ4v) is 3.56. The average Bonchev–Trinajstić information content (AvgIpc) is 2.66. The molecular formula is C11H15ClN2S2. The van der Waals surface area contributed by atoms with Gasteiger partial charge >= 0.3 is 0 Å². The lowest BCUT2D eigenvalue weighted by Gasteiger charge is -2.28. The van der Waals surface area contributed by atoms with Crippen LogP contribution in [0.3, 0.4) is 0 Å². The van der Waals surface area contributed by atoms with Crippen LogP contribution in [0.4, 0.5) is 0 Å². The first-order chi connectivity index (χ1) is 7.65. The van der Waals surface area contributed by atoms with E-state index < -0.39 is 0 Å². The van der Waals surface area contributed by atoms with Crippen molar-refractivity contribution in [2.45, 2.75) is 26.4 Å². The van der Waals surface area contributed by atoms with Gasteiger partial charge in [-0.1, -0.05) is 30.3 Å².